The zero-order chi connectivity index (χ0) is 15.1. The van der Waals surface area contributed by atoms with Gasteiger partial charge in [-0.25, -0.2) is 9.78 Å². The maximum absolute atomic E-state index is 12.8. The van der Waals surface area contributed by atoms with Crippen LogP contribution in [0.2, 0.25) is 0 Å². The number of methoxy groups -OCH3 is 1. The molecule has 0 aliphatic rings. The van der Waals surface area contributed by atoms with Gasteiger partial charge in [0.1, 0.15) is 11.3 Å². The quantitative estimate of drug-likeness (QED) is 0.920. The van der Waals surface area contributed by atoms with Crippen LogP contribution in [0.3, 0.4) is 0 Å². The summed E-state index contributed by atoms with van der Waals surface area (Å²) in [5, 5.41) is 9.02. The molecule has 0 aliphatic carbocycles. The molecule has 106 valence electrons. The molecule has 0 spiro atoms. The number of hydrogen-bond acceptors (Lipinski definition) is 3. The zero-order valence-corrected chi connectivity index (χ0v) is 10.6. The van der Waals surface area contributed by atoms with E-state index < -0.39 is 17.7 Å². The van der Waals surface area contributed by atoms with E-state index in [-0.39, 0.29) is 27.9 Å². The van der Waals surface area contributed by atoms with Crippen LogP contribution < -0.4 is 4.74 Å². The number of aromatic nitrogens is 1. The molecule has 0 atom stereocenters. The van der Waals surface area contributed by atoms with Crippen molar-refractivity contribution in [1.29, 1.82) is 0 Å². The summed E-state index contributed by atoms with van der Waals surface area (Å²) >= 11 is 0. The summed E-state index contributed by atoms with van der Waals surface area (Å²) in [6.07, 6.45) is -4.54. The number of benzene rings is 1. The highest BCUT2D eigenvalue weighted by Crippen LogP contribution is 2.35. The molecule has 0 radical (unpaired) electrons. The predicted molar refractivity (Wildman–Crippen MR) is 65.0 cm³/mol. The van der Waals surface area contributed by atoms with Gasteiger partial charge < -0.3 is 9.84 Å². The highest BCUT2D eigenvalue weighted by Gasteiger charge is 2.33. The van der Waals surface area contributed by atoms with E-state index in [2.05, 4.69) is 4.98 Å². The lowest BCUT2D eigenvalue weighted by molar-refractivity contribution is -0.138. The largest absolute Gasteiger partial charge is 0.494 e. The van der Waals surface area contributed by atoms with Crippen LogP contribution >= 0.6 is 0 Å². The van der Waals surface area contributed by atoms with Crippen LogP contribution in [-0.4, -0.2) is 23.2 Å². The first kappa shape index (κ1) is 14.1. The Morgan fingerprint density at radius 1 is 1.30 bits per heavy atom. The van der Waals surface area contributed by atoms with Crippen LogP contribution in [0.4, 0.5) is 13.2 Å². The van der Waals surface area contributed by atoms with E-state index in [1.165, 1.54) is 20.1 Å². The fraction of sp³-hybridized carbons (Fsp3) is 0.231. The summed E-state index contributed by atoms with van der Waals surface area (Å²) in [5.41, 5.74) is -1.04. The summed E-state index contributed by atoms with van der Waals surface area (Å²) in [6, 6.07) is 3.25. The van der Waals surface area contributed by atoms with Crippen molar-refractivity contribution in [2.75, 3.05) is 7.11 Å². The lowest BCUT2D eigenvalue weighted by Gasteiger charge is -2.13. The third kappa shape index (κ3) is 2.38. The Labute approximate surface area is 111 Å². The van der Waals surface area contributed by atoms with Crippen molar-refractivity contribution in [2.24, 2.45) is 0 Å². The molecule has 0 unspecified atom stereocenters. The molecule has 0 aliphatic heterocycles. The van der Waals surface area contributed by atoms with Crippen molar-refractivity contribution in [3.8, 4) is 5.75 Å². The molecule has 4 nitrogen and oxygen atoms in total. The van der Waals surface area contributed by atoms with E-state index in [0.29, 0.717) is 0 Å². The summed E-state index contributed by atoms with van der Waals surface area (Å²) in [4.78, 5) is 14.8. The third-order valence-corrected chi connectivity index (χ3v) is 2.85. The van der Waals surface area contributed by atoms with Crippen LogP contribution in [0.1, 0.15) is 21.6 Å². The number of alkyl halides is 3. The number of fused-ring (bicyclic) bond motifs is 1. The summed E-state index contributed by atoms with van der Waals surface area (Å²) in [7, 11) is 1.30. The highest BCUT2D eigenvalue weighted by molar-refractivity contribution is 5.96. The first-order chi connectivity index (χ1) is 9.24. The van der Waals surface area contributed by atoms with Crippen LogP contribution in [0, 0.1) is 6.92 Å². The van der Waals surface area contributed by atoms with Crippen LogP contribution in [-0.2, 0) is 6.18 Å². The molecule has 1 aromatic heterocycles. The van der Waals surface area contributed by atoms with E-state index >= 15 is 0 Å². The Morgan fingerprint density at radius 2 is 1.95 bits per heavy atom. The Balaban J connectivity index is 2.82. The van der Waals surface area contributed by atoms with Crippen LogP contribution in [0.5, 0.6) is 5.75 Å². The third-order valence-electron chi connectivity index (χ3n) is 2.85. The Bertz CT molecular complexity index is 695. The molecule has 1 aromatic carbocycles. The Hall–Kier alpha value is -2.31. The van der Waals surface area contributed by atoms with Gasteiger partial charge >= 0.3 is 12.1 Å². The average Bonchev–Trinajstić information content (AvgIpc) is 2.35. The average molecular weight is 285 g/mol. The Morgan fingerprint density at radius 3 is 2.45 bits per heavy atom. The van der Waals surface area contributed by atoms with E-state index in [9.17, 15) is 18.0 Å². The van der Waals surface area contributed by atoms with E-state index in [0.717, 1.165) is 12.1 Å². The molecule has 0 saturated carbocycles. The molecule has 0 fully saturated rings. The maximum Gasteiger partial charge on any atom is 0.418 e. The summed E-state index contributed by atoms with van der Waals surface area (Å²) < 4.78 is 43.5. The number of carbonyl (C=O) groups is 1. The fourth-order valence-electron chi connectivity index (χ4n) is 1.91. The van der Waals surface area contributed by atoms with Gasteiger partial charge in [-0.05, 0) is 25.1 Å². The first-order valence-electron chi connectivity index (χ1n) is 5.54. The molecule has 2 rings (SSSR count). The number of aromatic carboxylic acids is 1. The van der Waals surface area contributed by atoms with Crippen molar-refractivity contribution in [1.82, 2.24) is 4.98 Å². The maximum atomic E-state index is 12.8. The second-order valence-corrected chi connectivity index (χ2v) is 4.17. The minimum absolute atomic E-state index is 0.0691. The smallest absolute Gasteiger partial charge is 0.418 e. The molecule has 0 saturated heterocycles. The highest BCUT2D eigenvalue weighted by atomic mass is 19.4. The van der Waals surface area contributed by atoms with Gasteiger partial charge in [-0.15, -0.1) is 0 Å². The SMILES string of the molecule is COc1cc(C(=O)O)cc2cc(C(F)(F)F)c(C)nc12. The van der Waals surface area contributed by atoms with Gasteiger partial charge in [-0.1, -0.05) is 0 Å². The molecule has 1 heterocycles. The minimum Gasteiger partial charge on any atom is -0.494 e. The summed E-state index contributed by atoms with van der Waals surface area (Å²) in [6.45, 7) is 1.24. The second-order valence-electron chi connectivity index (χ2n) is 4.17. The number of halogens is 3. The number of rotatable bonds is 2. The normalized spacial score (nSPS) is 11.7. The standard InChI is InChI=1S/C13H10F3NO3/c1-6-9(13(14,15)16)4-7-3-8(12(18)19)5-10(20-2)11(7)17-6/h3-5H,1-2H3,(H,18,19). The van der Waals surface area contributed by atoms with E-state index in [1.54, 1.807) is 0 Å². The molecule has 2 aromatic rings. The Kier molecular flexibility index (Phi) is 3.29. The van der Waals surface area contributed by atoms with Crippen molar-refractivity contribution in [2.45, 2.75) is 13.1 Å². The second kappa shape index (κ2) is 4.66. The molecular formula is C13H10F3NO3. The number of hydrogen-bond donors (Lipinski definition) is 1. The molecule has 1 N–H and O–H groups in total. The summed E-state index contributed by atoms with van der Waals surface area (Å²) in [5.74, 6) is -1.13. The fourth-order valence-corrected chi connectivity index (χ4v) is 1.91. The monoisotopic (exact) mass is 285 g/mol. The minimum atomic E-state index is -4.54. The van der Waals surface area contributed by atoms with Crippen molar-refractivity contribution < 1.29 is 27.8 Å². The van der Waals surface area contributed by atoms with Gasteiger partial charge in [0, 0.05) is 5.39 Å². The first-order valence-corrected chi connectivity index (χ1v) is 5.54. The number of pyridine rings is 1. The lowest BCUT2D eigenvalue weighted by Crippen LogP contribution is -2.09. The van der Waals surface area contributed by atoms with Crippen molar-refractivity contribution in [3.05, 3.63) is 35.0 Å². The molecule has 20 heavy (non-hydrogen) atoms. The topological polar surface area (TPSA) is 59.4 Å². The van der Waals surface area contributed by atoms with Crippen molar-refractivity contribution >= 4 is 16.9 Å². The number of aryl methyl sites for hydroxylation is 1. The zero-order valence-electron chi connectivity index (χ0n) is 10.6. The number of carboxylic acids is 1. The number of nitrogens with zero attached hydrogens (tertiary/aromatic N) is 1. The van der Waals surface area contributed by atoms with Gasteiger partial charge in [0.25, 0.3) is 0 Å². The molecular weight excluding hydrogens is 275 g/mol. The van der Waals surface area contributed by atoms with Gasteiger partial charge in [0.15, 0.2) is 0 Å². The predicted octanol–water partition coefficient (Wildman–Crippen LogP) is 3.27. The molecule has 0 bridgehead atoms. The van der Waals surface area contributed by atoms with Crippen LogP contribution in [0.25, 0.3) is 10.9 Å². The van der Waals surface area contributed by atoms with Crippen LogP contribution in [0.15, 0.2) is 18.2 Å². The van der Waals surface area contributed by atoms with Gasteiger partial charge in [0.2, 0.25) is 0 Å². The van der Waals surface area contributed by atoms with Gasteiger partial charge in [0.05, 0.1) is 23.9 Å². The molecule has 0 amide bonds. The van der Waals surface area contributed by atoms with Gasteiger partial charge in [-0.3, -0.25) is 0 Å². The lowest BCUT2D eigenvalue weighted by atomic mass is 10.1. The number of carboxylic acid groups (broad SMARTS) is 1. The van der Waals surface area contributed by atoms with E-state index in [4.69, 9.17) is 9.84 Å². The van der Waals surface area contributed by atoms with E-state index in [1.807, 2.05) is 0 Å². The van der Waals surface area contributed by atoms with Crippen molar-refractivity contribution in [3.63, 3.8) is 0 Å². The number of ether oxygens (including phenoxy) is 1. The van der Waals surface area contributed by atoms with Gasteiger partial charge in [-0.2, -0.15) is 13.2 Å². The molecule has 7 heteroatoms.